The summed E-state index contributed by atoms with van der Waals surface area (Å²) in [5.41, 5.74) is -1.15. The van der Waals surface area contributed by atoms with E-state index in [0.29, 0.717) is 24.4 Å². The summed E-state index contributed by atoms with van der Waals surface area (Å²) >= 11 is 0. The van der Waals surface area contributed by atoms with Gasteiger partial charge in [-0.25, -0.2) is 14.2 Å². The first-order valence-corrected chi connectivity index (χ1v) is 11.3. The van der Waals surface area contributed by atoms with Crippen molar-refractivity contribution < 1.29 is 27.1 Å². The maximum Gasteiger partial charge on any atom is 0.419 e. The molecule has 1 aromatic carbocycles. The minimum atomic E-state index is -4.81. The standard InChI is InChI=1S/C23H27F4N5O2/c1-29-7-15(8-29)31-9-16-17(10-31)18(16)11-32(22(33)34-21-12-30(2)13-28-21)6-14-3-4-20(24)19(5-14)23(25,26)27/h3-5,12-13,15-18H,6-11H2,1-2H3. The van der Waals surface area contributed by atoms with Crippen molar-refractivity contribution in [1.29, 1.82) is 0 Å². The zero-order chi connectivity index (χ0) is 24.2. The number of amides is 1. The third-order valence-corrected chi connectivity index (χ3v) is 7.23. The summed E-state index contributed by atoms with van der Waals surface area (Å²) in [6.45, 7) is 4.36. The van der Waals surface area contributed by atoms with Gasteiger partial charge in [-0.3, -0.25) is 4.90 Å². The van der Waals surface area contributed by atoms with Crippen molar-refractivity contribution in [2.75, 3.05) is 39.8 Å². The molecule has 0 bridgehead atoms. The van der Waals surface area contributed by atoms with Gasteiger partial charge in [0.05, 0.1) is 18.1 Å². The largest absolute Gasteiger partial charge is 0.419 e. The third-order valence-electron chi connectivity index (χ3n) is 7.23. The first-order chi connectivity index (χ1) is 16.1. The second-order valence-electron chi connectivity index (χ2n) is 9.76. The number of nitrogens with zero attached hydrogens (tertiary/aromatic N) is 5. The number of hydrogen-bond acceptors (Lipinski definition) is 5. The molecule has 11 heteroatoms. The van der Waals surface area contributed by atoms with Crippen LogP contribution in [0, 0.1) is 23.6 Å². The lowest BCUT2D eigenvalue weighted by molar-refractivity contribution is -0.140. The Morgan fingerprint density at radius 2 is 1.88 bits per heavy atom. The summed E-state index contributed by atoms with van der Waals surface area (Å²) in [4.78, 5) is 23.1. The smallest absolute Gasteiger partial charge is 0.389 e. The lowest BCUT2D eigenvalue weighted by atomic mass is 10.1. The van der Waals surface area contributed by atoms with Crippen LogP contribution in [0.4, 0.5) is 22.4 Å². The summed E-state index contributed by atoms with van der Waals surface area (Å²) < 4.78 is 60.3. The second kappa shape index (κ2) is 8.53. The van der Waals surface area contributed by atoms with Gasteiger partial charge in [-0.15, -0.1) is 0 Å². The number of piperidine rings is 1. The Kier molecular flexibility index (Phi) is 5.79. The molecule has 0 N–H and O–H groups in total. The van der Waals surface area contributed by atoms with Gasteiger partial charge in [0.25, 0.3) is 0 Å². The van der Waals surface area contributed by atoms with Gasteiger partial charge in [-0.2, -0.15) is 13.2 Å². The fourth-order valence-corrected chi connectivity index (χ4v) is 5.31. The van der Waals surface area contributed by atoms with Crippen molar-refractivity contribution in [3.63, 3.8) is 0 Å². The van der Waals surface area contributed by atoms with E-state index < -0.39 is 23.7 Å². The molecular weight excluding hydrogens is 454 g/mol. The third kappa shape index (κ3) is 4.63. The van der Waals surface area contributed by atoms with Crippen LogP contribution in [0.5, 0.6) is 5.88 Å². The summed E-state index contributed by atoms with van der Waals surface area (Å²) in [6.07, 6.45) is -2.47. The highest BCUT2D eigenvalue weighted by atomic mass is 19.4. The van der Waals surface area contributed by atoms with Crippen LogP contribution >= 0.6 is 0 Å². The Bertz CT molecular complexity index is 1060. The highest BCUT2D eigenvalue weighted by Gasteiger charge is 2.57. The van der Waals surface area contributed by atoms with Crippen LogP contribution in [0.25, 0.3) is 0 Å². The van der Waals surface area contributed by atoms with Crippen molar-refractivity contribution in [2.45, 2.75) is 18.8 Å². The zero-order valence-electron chi connectivity index (χ0n) is 19.0. The Morgan fingerprint density at radius 1 is 1.18 bits per heavy atom. The van der Waals surface area contributed by atoms with Gasteiger partial charge in [0.1, 0.15) is 5.82 Å². The molecule has 1 aliphatic carbocycles. The minimum absolute atomic E-state index is 0.109. The molecule has 2 atom stereocenters. The Balaban J connectivity index is 1.28. The number of alkyl halides is 3. The van der Waals surface area contributed by atoms with E-state index in [0.717, 1.165) is 38.3 Å². The monoisotopic (exact) mass is 481 g/mol. The maximum atomic E-state index is 13.7. The SMILES string of the molecule is CN1CC(N2CC3C(CN(Cc4ccc(F)c(C(F)(F)F)c4)C(=O)Oc4cn(C)cn4)C3C2)C1. The highest BCUT2D eigenvalue weighted by Crippen LogP contribution is 2.53. The van der Waals surface area contributed by atoms with Crippen LogP contribution in [0.15, 0.2) is 30.7 Å². The number of likely N-dealkylation sites (N-methyl/N-ethyl adjacent to an activating group) is 1. The number of halogens is 4. The number of carbonyl (C=O) groups is 1. The number of imidazole rings is 1. The molecule has 5 rings (SSSR count). The Morgan fingerprint density at radius 3 is 2.47 bits per heavy atom. The summed E-state index contributed by atoms with van der Waals surface area (Å²) in [7, 11) is 3.83. The summed E-state index contributed by atoms with van der Waals surface area (Å²) in [5, 5.41) is 0. The number of aromatic nitrogens is 2. The van der Waals surface area contributed by atoms with Crippen LogP contribution in [-0.4, -0.2) is 76.2 Å². The molecule has 0 spiro atoms. The number of fused-ring (bicyclic) bond motifs is 1. The lowest BCUT2D eigenvalue weighted by Gasteiger charge is -2.43. The van der Waals surface area contributed by atoms with Crippen LogP contribution < -0.4 is 4.74 Å². The van der Waals surface area contributed by atoms with Crippen molar-refractivity contribution in [2.24, 2.45) is 24.8 Å². The van der Waals surface area contributed by atoms with Gasteiger partial charge in [0.2, 0.25) is 5.88 Å². The second-order valence-corrected chi connectivity index (χ2v) is 9.76. The number of rotatable bonds is 6. The summed E-state index contributed by atoms with van der Waals surface area (Å²) in [5.74, 6) is -0.0148. The summed E-state index contributed by atoms with van der Waals surface area (Å²) in [6, 6.07) is 3.41. The molecular formula is C23H27F4N5O2. The molecule has 1 aromatic heterocycles. The number of carbonyl (C=O) groups excluding carboxylic acids is 1. The normalized spacial score (nSPS) is 25.2. The van der Waals surface area contributed by atoms with Crippen LogP contribution in [0.1, 0.15) is 11.1 Å². The van der Waals surface area contributed by atoms with Crippen molar-refractivity contribution in [1.82, 2.24) is 24.3 Å². The first kappa shape index (κ1) is 23.1. The van der Waals surface area contributed by atoms with Crippen LogP contribution in [0.2, 0.25) is 0 Å². The number of likely N-dealkylation sites (tertiary alicyclic amines) is 2. The van der Waals surface area contributed by atoms with Crippen molar-refractivity contribution in [3.8, 4) is 5.88 Å². The molecule has 3 heterocycles. The fourth-order valence-electron chi connectivity index (χ4n) is 5.31. The van der Waals surface area contributed by atoms with E-state index in [-0.39, 0.29) is 23.9 Å². The van der Waals surface area contributed by atoms with Crippen LogP contribution in [0.3, 0.4) is 0 Å². The Hall–Kier alpha value is -2.66. The number of hydrogen-bond donors (Lipinski definition) is 0. The molecule has 2 aliphatic heterocycles. The number of benzene rings is 1. The van der Waals surface area contributed by atoms with Gasteiger partial charge < -0.3 is 19.1 Å². The maximum absolute atomic E-state index is 13.7. The molecule has 1 amide bonds. The van der Waals surface area contributed by atoms with Crippen molar-refractivity contribution >= 4 is 6.09 Å². The molecule has 7 nitrogen and oxygen atoms in total. The quantitative estimate of drug-likeness (QED) is 0.594. The predicted molar refractivity (Wildman–Crippen MR) is 114 cm³/mol. The van der Waals surface area contributed by atoms with E-state index in [2.05, 4.69) is 21.8 Å². The minimum Gasteiger partial charge on any atom is -0.389 e. The van der Waals surface area contributed by atoms with E-state index in [1.165, 1.54) is 23.5 Å². The molecule has 3 aliphatic rings. The van der Waals surface area contributed by atoms with E-state index in [1.807, 2.05) is 0 Å². The first-order valence-electron chi connectivity index (χ1n) is 11.3. The number of aryl methyl sites for hydroxylation is 1. The predicted octanol–water partition coefficient (Wildman–Crippen LogP) is 3.07. The van der Waals surface area contributed by atoms with E-state index in [9.17, 15) is 22.4 Å². The van der Waals surface area contributed by atoms with E-state index in [1.54, 1.807) is 11.6 Å². The molecule has 2 unspecified atom stereocenters. The molecule has 184 valence electrons. The topological polar surface area (TPSA) is 53.8 Å². The van der Waals surface area contributed by atoms with Crippen LogP contribution in [-0.2, 0) is 19.8 Å². The highest BCUT2D eigenvalue weighted by molar-refractivity contribution is 5.70. The van der Waals surface area contributed by atoms with Gasteiger partial charge in [-0.1, -0.05) is 6.07 Å². The zero-order valence-corrected chi connectivity index (χ0v) is 19.0. The molecule has 2 aromatic rings. The van der Waals surface area contributed by atoms with Gasteiger partial charge >= 0.3 is 12.3 Å². The fraction of sp³-hybridized carbons (Fsp3) is 0.565. The van der Waals surface area contributed by atoms with Gasteiger partial charge in [-0.05, 0) is 42.5 Å². The van der Waals surface area contributed by atoms with Gasteiger partial charge in [0, 0.05) is 52.4 Å². The van der Waals surface area contributed by atoms with E-state index >= 15 is 0 Å². The molecule has 34 heavy (non-hydrogen) atoms. The molecule has 1 saturated carbocycles. The average molecular weight is 481 g/mol. The Labute approximate surface area is 194 Å². The molecule has 3 fully saturated rings. The lowest BCUT2D eigenvalue weighted by Crippen LogP contribution is -2.57. The van der Waals surface area contributed by atoms with E-state index in [4.69, 9.17) is 4.74 Å². The van der Waals surface area contributed by atoms with Gasteiger partial charge in [0.15, 0.2) is 0 Å². The average Bonchev–Trinajstić information content (AvgIpc) is 3.05. The van der Waals surface area contributed by atoms with Crippen molar-refractivity contribution in [3.05, 3.63) is 47.7 Å². The molecule has 0 radical (unpaired) electrons. The molecule has 2 saturated heterocycles. The number of ether oxygens (including phenoxy) is 1.